The van der Waals surface area contributed by atoms with Crippen LogP contribution in [0.3, 0.4) is 0 Å². The molecule has 5 heteroatoms. The molecule has 92 valence electrons. The lowest BCUT2D eigenvalue weighted by atomic mass is 10.3. The monoisotopic (exact) mass is 259 g/mol. The van der Waals surface area contributed by atoms with Crippen LogP contribution in [-0.2, 0) is 0 Å². The normalized spacial score (nSPS) is 10.2. The van der Waals surface area contributed by atoms with Gasteiger partial charge < -0.3 is 11.1 Å². The van der Waals surface area contributed by atoms with Crippen molar-refractivity contribution in [1.29, 1.82) is 0 Å². The summed E-state index contributed by atoms with van der Waals surface area (Å²) >= 11 is 1.36. The first-order valence-electron chi connectivity index (χ1n) is 5.58. The standard InChI is InChI=1S/C13H13N3OS/c1-2-3-4-7-16-13(17)12-10(14)11-9(18-12)6-5-8-15-11/h1,5-6,8H,3-4,7,14H2,(H,16,17). The van der Waals surface area contributed by atoms with E-state index in [0.717, 1.165) is 11.1 Å². The molecule has 0 saturated heterocycles. The smallest absolute Gasteiger partial charge is 0.263 e. The van der Waals surface area contributed by atoms with Crippen molar-refractivity contribution in [2.24, 2.45) is 0 Å². The van der Waals surface area contributed by atoms with Gasteiger partial charge in [0.05, 0.1) is 10.4 Å². The molecule has 0 radical (unpaired) electrons. The third kappa shape index (κ3) is 2.44. The van der Waals surface area contributed by atoms with Gasteiger partial charge in [-0.1, -0.05) is 0 Å². The number of nitrogens with zero attached hydrogens (tertiary/aromatic N) is 1. The Labute approximate surface area is 109 Å². The number of carbonyl (C=O) groups is 1. The summed E-state index contributed by atoms with van der Waals surface area (Å²) in [7, 11) is 0. The first-order chi connectivity index (χ1) is 8.74. The van der Waals surface area contributed by atoms with Crippen LogP contribution in [0.5, 0.6) is 0 Å². The number of hydrogen-bond acceptors (Lipinski definition) is 4. The van der Waals surface area contributed by atoms with Gasteiger partial charge in [0.1, 0.15) is 10.4 Å². The first-order valence-corrected chi connectivity index (χ1v) is 6.40. The minimum atomic E-state index is -0.160. The molecule has 0 aromatic carbocycles. The second-order valence-electron chi connectivity index (χ2n) is 3.76. The highest BCUT2D eigenvalue weighted by Gasteiger charge is 2.16. The molecular weight excluding hydrogens is 246 g/mol. The zero-order chi connectivity index (χ0) is 13.0. The van der Waals surface area contributed by atoms with E-state index in [4.69, 9.17) is 12.2 Å². The maximum atomic E-state index is 11.9. The van der Waals surface area contributed by atoms with Crippen LogP contribution in [0.1, 0.15) is 22.5 Å². The maximum absolute atomic E-state index is 11.9. The van der Waals surface area contributed by atoms with Gasteiger partial charge in [0.25, 0.3) is 5.91 Å². The average molecular weight is 259 g/mol. The van der Waals surface area contributed by atoms with E-state index in [2.05, 4.69) is 16.2 Å². The Morgan fingerprint density at radius 2 is 2.44 bits per heavy atom. The molecule has 0 unspecified atom stereocenters. The minimum absolute atomic E-state index is 0.160. The molecule has 0 bridgehead atoms. The topological polar surface area (TPSA) is 68.0 Å². The molecule has 18 heavy (non-hydrogen) atoms. The SMILES string of the molecule is C#CCCCNC(=O)c1sc2cccnc2c1N. The summed E-state index contributed by atoms with van der Waals surface area (Å²) in [6, 6.07) is 3.73. The van der Waals surface area contributed by atoms with Crippen molar-refractivity contribution in [3.8, 4) is 12.3 Å². The highest BCUT2D eigenvalue weighted by molar-refractivity contribution is 7.21. The number of hydrogen-bond donors (Lipinski definition) is 2. The van der Waals surface area contributed by atoms with Crippen molar-refractivity contribution in [2.75, 3.05) is 12.3 Å². The summed E-state index contributed by atoms with van der Waals surface area (Å²) in [6.07, 6.45) is 8.23. The molecule has 2 rings (SSSR count). The van der Waals surface area contributed by atoms with E-state index >= 15 is 0 Å². The van der Waals surface area contributed by atoms with E-state index in [1.54, 1.807) is 6.20 Å². The van der Waals surface area contributed by atoms with Crippen LogP contribution in [0.25, 0.3) is 10.2 Å². The molecule has 0 aliphatic heterocycles. The van der Waals surface area contributed by atoms with Gasteiger partial charge in [0.15, 0.2) is 0 Å². The predicted molar refractivity (Wildman–Crippen MR) is 74.4 cm³/mol. The number of amides is 1. The van der Waals surface area contributed by atoms with Crippen molar-refractivity contribution >= 4 is 33.1 Å². The van der Waals surface area contributed by atoms with Gasteiger partial charge in [0, 0.05) is 19.2 Å². The lowest BCUT2D eigenvalue weighted by Gasteiger charge is -2.02. The van der Waals surface area contributed by atoms with Gasteiger partial charge in [-0.2, -0.15) is 0 Å². The highest BCUT2D eigenvalue weighted by atomic mass is 32.1. The Morgan fingerprint density at radius 1 is 1.61 bits per heavy atom. The second kappa shape index (κ2) is 5.52. The fourth-order valence-electron chi connectivity index (χ4n) is 1.59. The predicted octanol–water partition coefficient (Wildman–Crippen LogP) is 2.02. The van der Waals surface area contributed by atoms with E-state index < -0.39 is 0 Å². The molecule has 0 saturated carbocycles. The van der Waals surface area contributed by atoms with Gasteiger partial charge in [0.2, 0.25) is 0 Å². The van der Waals surface area contributed by atoms with Crippen molar-refractivity contribution in [3.05, 3.63) is 23.2 Å². The van der Waals surface area contributed by atoms with E-state index in [1.165, 1.54) is 11.3 Å². The van der Waals surface area contributed by atoms with Crippen LogP contribution >= 0.6 is 11.3 Å². The van der Waals surface area contributed by atoms with Crippen LogP contribution in [0, 0.1) is 12.3 Å². The number of carbonyl (C=O) groups excluding carboxylic acids is 1. The summed E-state index contributed by atoms with van der Waals surface area (Å²) in [4.78, 5) is 16.6. The molecule has 0 atom stereocenters. The average Bonchev–Trinajstić information content (AvgIpc) is 2.73. The second-order valence-corrected chi connectivity index (χ2v) is 4.81. The number of nitrogens with two attached hydrogens (primary N) is 1. The number of thiophene rings is 1. The molecule has 4 nitrogen and oxygen atoms in total. The zero-order valence-corrected chi connectivity index (χ0v) is 10.6. The van der Waals surface area contributed by atoms with Gasteiger partial charge in [-0.05, 0) is 18.6 Å². The lowest BCUT2D eigenvalue weighted by Crippen LogP contribution is -2.24. The first kappa shape index (κ1) is 12.4. The number of nitrogen functional groups attached to an aromatic ring is 1. The zero-order valence-electron chi connectivity index (χ0n) is 9.77. The number of pyridine rings is 1. The Bertz CT molecular complexity index is 612. The van der Waals surface area contributed by atoms with E-state index in [0.29, 0.717) is 29.0 Å². The minimum Gasteiger partial charge on any atom is -0.396 e. The van der Waals surface area contributed by atoms with Crippen molar-refractivity contribution in [3.63, 3.8) is 0 Å². The molecule has 1 amide bonds. The third-order valence-corrected chi connectivity index (χ3v) is 3.63. The van der Waals surface area contributed by atoms with Gasteiger partial charge in [-0.3, -0.25) is 9.78 Å². The molecule has 0 spiro atoms. The number of fused-ring (bicyclic) bond motifs is 1. The Morgan fingerprint density at radius 3 is 3.17 bits per heavy atom. The number of terminal acetylenes is 1. The largest absolute Gasteiger partial charge is 0.396 e. The fraction of sp³-hybridized carbons (Fsp3) is 0.231. The maximum Gasteiger partial charge on any atom is 0.263 e. The summed E-state index contributed by atoms with van der Waals surface area (Å²) in [6.45, 7) is 0.560. The van der Waals surface area contributed by atoms with Gasteiger partial charge in [-0.25, -0.2) is 0 Å². The van der Waals surface area contributed by atoms with E-state index in [9.17, 15) is 4.79 Å². The summed E-state index contributed by atoms with van der Waals surface area (Å²) in [5.41, 5.74) is 7.07. The molecular formula is C13H13N3OS. The van der Waals surface area contributed by atoms with Crippen molar-refractivity contribution in [1.82, 2.24) is 10.3 Å². The lowest BCUT2D eigenvalue weighted by molar-refractivity contribution is 0.0958. The van der Waals surface area contributed by atoms with Crippen LogP contribution < -0.4 is 11.1 Å². The molecule has 2 heterocycles. The van der Waals surface area contributed by atoms with Crippen LogP contribution in [-0.4, -0.2) is 17.4 Å². The molecule has 0 aliphatic rings. The molecule has 0 aliphatic carbocycles. The van der Waals surface area contributed by atoms with Crippen LogP contribution in [0.4, 0.5) is 5.69 Å². The highest BCUT2D eigenvalue weighted by Crippen LogP contribution is 2.31. The number of nitrogens with one attached hydrogen (secondary N) is 1. The Hall–Kier alpha value is -2.06. The van der Waals surface area contributed by atoms with Gasteiger partial charge in [-0.15, -0.1) is 23.7 Å². The van der Waals surface area contributed by atoms with Crippen molar-refractivity contribution in [2.45, 2.75) is 12.8 Å². The fourth-order valence-corrected chi connectivity index (χ4v) is 2.59. The molecule has 0 fully saturated rings. The quantitative estimate of drug-likeness (QED) is 0.652. The van der Waals surface area contributed by atoms with E-state index in [-0.39, 0.29) is 5.91 Å². The molecule has 2 aromatic rings. The van der Waals surface area contributed by atoms with Crippen LogP contribution in [0.2, 0.25) is 0 Å². The summed E-state index contributed by atoms with van der Waals surface area (Å²) in [5.74, 6) is 2.37. The summed E-state index contributed by atoms with van der Waals surface area (Å²) in [5, 5.41) is 2.80. The summed E-state index contributed by atoms with van der Waals surface area (Å²) < 4.78 is 0.920. The van der Waals surface area contributed by atoms with Crippen molar-refractivity contribution < 1.29 is 4.79 Å². The Kier molecular flexibility index (Phi) is 3.80. The number of aromatic nitrogens is 1. The van der Waals surface area contributed by atoms with Crippen LogP contribution in [0.15, 0.2) is 18.3 Å². The number of unbranched alkanes of at least 4 members (excludes halogenated alkanes) is 1. The molecule has 3 N–H and O–H groups in total. The Balaban J connectivity index is 2.13. The van der Waals surface area contributed by atoms with Gasteiger partial charge >= 0.3 is 0 Å². The van der Waals surface area contributed by atoms with E-state index in [1.807, 2.05) is 12.1 Å². The third-order valence-electron chi connectivity index (χ3n) is 2.47. The molecule has 2 aromatic heterocycles. The number of anilines is 1. The number of rotatable bonds is 4.